The fourth-order valence-corrected chi connectivity index (χ4v) is 4.61. The second kappa shape index (κ2) is 9.68. The molecule has 1 aromatic rings. The molecule has 0 radical (unpaired) electrons. The molecule has 30 heavy (non-hydrogen) atoms. The van der Waals surface area contributed by atoms with Crippen LogP contribution in [0.25, 0.3) is 0 Å². The predicted molar refractivity (Wildman–Crippen MR) is 106 cm³/mol. The number of carbonyl (C=O) groups is 1. The Hall–Kier alpha value is -1.61. The van der Waals surface area contributed by atoms with Gasteiger partial charge in [-0.25, -0.2) is 8.78 Å². The average Bonchev–Trinajstić information content (AvgIpc) is 2.62. The molecular formula is C22H30F2N2O4. The van der Waals surface area contributed by atoms with Crippen LogP contribution < -0.4 is 5.32 Å². The smallest absolute Gasteiger partial charge is 0.222 e. The van der Waals surface area contributed by atoms with Crippen molar-refractivity contribution < 1.29 is 28.2 Å². The Kier molecular flexibility index (Phi) is 6.98. The molecule has 1 aromatic carbocycles. The highest BCUT2D eigenvalue weighted by molar-refractivity contribution is 5.76. The van der Waals surface area contributed by atoms with Crippen LogP contribution in [0.1, 0.15) is 44.1 Å². The van der Waals surface area contributed by atoms with E-state index in [1.807, 2.05) is 4.90 Å². The van der Waals surface area contributed by atoms with Gasteiger partial charge in [-0.3, -0.25) is 9.69 Å². The number of β-amino-alcohol motifs (C(OH)–C–C–N with tert-alkyl or cyclic N) is 1. The van der Waals surface area contributed by atoms with E-state index in [0.29, 0.717) is 44.1 Å². The number of nitrogens with zero attached hydrogens (tertiary/aromatic N) is 1. The van der Waals surface area contributed by atoms with Gasteiger partial charge in [-0.15, -0.1) is 0 Å². The van der Waals surface area contributed by atoms with Crippen molar-refractivity contribution in [2.45, 2.75) is 75.5 Å². The Balaban J connectivity index is 1.40. The molecule has 2 aliphatic heterocycles. The van der Waals surface area contributed by atoms with Gasteiger partial charge < -0.3 is 19.9 Å². The minimum absolute atomic E-state index is 0.0254. The maximum Gasteiger partial charge on any atom is 0.222 e. The molecule has 1 amide bonds. The predicted octanol–water partition coefficient (Wildman–Crippen LogP) is 2.13. The maximum atomic E-state index is 13.6. The van der Waals surface area contributed by atoms with Crippen LogP contribution in [0.2, 0.25) is 0 Å². The summed E-state index contributed by atoms with van der Waals surface area (Å²) < 4.78 is 39.1. The fourth-order valence-electron chi connectivity index (χ4n) is 4.61. The van der Waals surface area contributed by atoms with Gasteiger partial charge in [0.1, 0.15) is 11.6 Å². The highest BCUT2D eigenvalue weighted by atomic mass is 19.1. The number of rotatable bonds is 5. The number of aliphatic hydroxyl groups is 1. The Bertz CT molecular complexity index is 726. The first kappa shape index (κ1) is 21.6. The lowest BCUT2D eigenvalue weighted by Gasteiger charge is -2.44. The van der Waals surface area contributed by atoms with E-state index in [4.69, 9.17) is 9.47 Å². The third-order valence-electron chi connectivity index (χ3n) is 6.28. The number of hydrogen-bond donors (Lipinski definition) is 2. The van der Waals surface area contributed by atoms with E-state index in [1.54, 1.807) is 0 Å². The summed E-state index contributed by atoms with van der Waals surface area (Å²) in [6.07, 6.45) is 3.96. The number of aliphatic hydroxyl groups excluding tert-OH is 1. The Morgan fingerprint density at radius 3 is 2.60 bits per heavy atom. The van der Waals surface area contributed by atoms with Crippen molar-refractivity contribution in [3.8, 4) is 0 Å². The Morgan fingerprint density at radius 1 is 1.13 bits per heavy atom. The molecular weight excluding hydrogens is 394 g/mol. The topological polar surface area (TPSA) is 71.0 Å². The van der Waals surface area contributed by atoms with Gasteiger partial charge in [0.25, 0.3) is 0 Å². The fraction of sp³-hybridized carbons (Fsp3) is 0.682. The molecule has 2 saturated heterocycles. The molecule has 4 atom stereocenters. The molecule has 8 heteroatoms. The molecule has 3 aliphatic rings. The van der Waals surface area contributed by atoms with Gasteiger partial charge >= 0.3 is 0 Å². The third kappa shape index (κ3) is 5.55. The summed E-state index contributed by atoms with van der Waals surface area (Å²) in [6, 6.07) is 3.74. The summed E-state index contributed by atoms with van der Waals surface area (Å²) in [7, 11) is 0. The molecule has 166 valence electrons. The largest absolute Gasteiger partial charge is 0.389 e. The zero-order valence-electron chi connectivity index (χ0n) is 17.1. The van der Waals surface area contributed by atoms with E-state index in [9.17, 15) is 18.7 Å². The highest BCUT2D eigenvalue weighted by Gasteiger charge is 2.38. The molecule has 1 aliphatic carbocycles. The zero-order valence-corrected chi connectivity index (χ0v) is 17.1. The quantitative estimate of drug-likeness (QED) is 0.758. The second-order valence-corrected chi connectivity index (χ2v) is 8.74. The van der Waals surface area contributed by atoms with Crippen molar-refractivity contribution in [1.29, 1.82) is 0 Å². The SMILES string of the molecule is O=C(C[C@@H]1CC[C@H]2[C@@H](COC[C@H](O)CN2Cc2cc(F)cc(F)c2)O1)NC1CCC1. The lowest BCUT2D eigenvalue weighted by Crippen LogP contribution is -2.55. The number of hydrogen-bond acceptors (Lipinski definition) is 5. The molecule has 2 heterocycles. The van der Waals surface area contributed by atoms with Gasteiger partial charge in [-0.1, -0.05) is 0 Å². The Labute approximate surface area is 175 Å². The number of carbonyl (C=O) groups excluding carboxylic acids is 1. The van der Waals surface area contributed by atoms with E-state index < -0.39 is 17.7 Å². The minimum atomic E-state index is -0.685. The van der Waals surface area contributed by atoms with E-state index >= 15 is 0 Å². The normalized spacial score (nSPS) is 30.6. The van der Waals surface area contributed by atoms with Crippen LogP contribution in [-0.2, 0) is 20.8 Å². The molecule has 2 N–H and O–H groups in total. The first-order valence-corrected chi connectivity index (χ1v) is 10.9. The summed E-state index contributed by atoms with van der Waals surface area (Å²) in [5, 5.41) is 13.3. The first-order chi connectivity index (χ1) is 14.5. The maximum absolute atomic E-state index is 13.6. The van der Waals surface area contributed by atoms with Crippen LogP contribution in [0.5, 0.6) is 0 Å². The standard InChI is InChI=1S/C22H30F2N2O4/c23-15-6-14(7-16(24)8-15)10-26-11-18(27)12-29-13-21-20(26)5-4-19(30-21)9-22(28)25-17-2-1-3-17/h6-8,17-21,27H,1-5,9-13H2,(H,25,28)/t18-,19+,20+,21-/m1/s1. The van der Waals surface area contributed by atoms with Crippen molar-refractivity contribution >= 4 is 5.91 Å². The van der Waals surface area contributed by atoms with Crippen LogP contribution in [0.3, 0.4) is 0 Å². The lowest BCUT2D eigenvalue weighted by atomic mass is 9.92. The van der Waals surface area contributed by atoms with Crippen molar-refractivity contribution in [3.63, 3.8) is 0 Å². The first-order valence-electron chi connectivity index (χ1n) is 10.9. The van der Waals surface area contributed by atoms with Crippen molar-refractivity contribution in [2.24, 2.45) is 0 Å². The van der Waals surface area contributed by atoms with Crippen LogP contribution >= 0.6 is 0 Å². The van der Waals surface area contributed by atoms with Crippen LogP contribution in [0.4, 0.5) is 8.78 Å². The summed E-state index contributed by atoms with van der Waals surface area (Å²) in [6.45, 7) is 1.13. The van der Waals surface area contributed by atoms with Gasteiger partial charge in [0.2, 0.25) is 5.91 Å². The van der Waals surface area contributed by atoms with Gasteiger partial charge in [0, 0.05) is 31.2 Å². The van der Waals surface area contributed by atoms with Crippen LogP contribution in [0.15, 0.2) is 18.2 Å². The van der Waals surface area contributed by atoms with Gasteiger partial charge in [0.15, 0.2) is 0 Å². The van der Waals surface area contributed by atoms with Crippen molar-refractivity contribution in [2.75, 3.05) is 19.8 Å². The monoisotopic (exact) mass is 424 g/mol. The summed E-state index contributed by atoms with van der Waals surface area (Å²) >= 11 is 0. The Morgan fingerprint density at radius 2 is 1.90 bits per heavy atom. The highest BCUT2D eigenvalue weighted by Crippen LogP contribution is 2.29. The van der Waals surface area contributed by atoms with Gasteiger partial charge in [-0.05, 0) is 49.8 Å². The van der Waals surface area contributed by atoms with Gasteiger partial charge in [0.05, 0.1) is 37.9 Å². The van der Waals surface area contributed by atoms with E-state index in [-0.39, 0.29) is 30.8 Å². The lowest BCUT2D eigenvalue weighted by molar-refractivity contribution is -0.158. The van der Waals surface area contributed by atoms with Crippen LogP contribution in [-0.4, -0.2) is 66.1 Å². The number of benzene rings is 1. The van der Waals surface area contributed by atoms with E-state index in [1.165, 1.54) is 18.6 Å². The second-order valence-electron chi connectivity index (χ2n) is 8.74. The molecule has 3 fully saturated rings. The zero-order chi connectivity index (χ0) is 21.1. The number of nitrogens with one attached hydrogen (secondary N) is 1. The van der Waals surface area contributed by atoms with E-state index in [2.05, 4.69) is 5.32 Å². The van der Waals surface area contributed by atoms with Gasteiger partial charge in [-0.2, -0.15) is 0 Å². The molecule has 0 unspecified atom stereocenters. The molecule has 1 saturated carbocycles. The number of amides is 1. The number of halogens is 2. The number of ether oxygens (including phenoxy) is 2. The number of fused-ring (bicyclic) bond motifs is 1. The summed E-state index contributed by atoms with van der Waals surface area (Å²) in [4.78, 5) is 14.3. The summed E-state index contributed by atoms with van der Waals surface area (Å²) in [5.41, 5.74) is 0.516. The minimum Gasteiger partial charge on any atom is -0.389 e. The van der Waals surface area contributed by atoms with E-state index in [0.717, 1.165) is 25.3 Å². The molecule has 4 rings (SSSR count). The average molecular weight is 424 g/mol. The molecule has 0 spiro atoms. The molecule has 0 aromatic heterocycles. The molecule has 0 bridgehead atoms. The summed E-state index contributed by atoms with van der Waals surface area (Å²) in [5.74, 6) is -1.21. The van der Waals surface area contributed by atoms with Crippen LogP contribution in [0, 0.1) is 11.6 Å². The molecule has 6 nitrogen and oxygen atoms in total. The third-order valence-corrected chi connectivity index (χ3v) is 6.28. The van der Waals surface area contributed by atoms with Crippen molar-refractivity contribution in [1.82, 2.24) is 10.2 Å². The van der Waals surface area contributed by atoms with Crippen molar-refractivity contribution in [3.05, 3.63) is 35.4 Å².